The molecule has 2 aromatic carbocycles. The first-order chi connectivity index (χ1) is 18.8. The molecule has 7 nitrogen and oxygen atoms in total. The topological polar surface area (TPSA) is 95.8 Å². The molecule has 0 amide bonds. The lowest BCUT2D eigenvalue weighted by Gasteiger charge is -2.12. The Morgan fingerprint density at radius 3 is 2.41 bits per heavy atom. The summed E-state index contributed by atoms with van der Waals surface area (Å²) in [5, 5.41) is 4.15. The number of aryl methyl sites for hydroxylation is 2. The number of nitrogen functional groups attached to an aromatic ring is 1. The molecule has 5 aromatic rings. The number of nitrogens with two attached hydrogens (primary N) is 1. The first-order valence-corrected chi connectivity index (χ1v) is 12.3. The van der Waals surface area contributed by atoms with Crippen LogP contribution in [0.1, 0.15) is 15.9 Å². The first kappa shape index (κ1) is 25.7. The number of alkyl halides is 1. The van der Waals surface area contributed by atoms with Gasteiger partial charge in [-0.05, 0) is 23.3 Å². The van der Waals surface area contributed by atoms with E-state index in [2.05, 4.69) is 10.1 Å². The summed E-state index contributed by atoms with van der Waals surface area (Å²) in [7, 11) is 1.79. The second-order valence-electron chi connectivity index (χ2n) is 9.18. The number of anilines is 1. The smallest absolute Gasteiger partial charge is 0.200 e. The average Bonchev–Trinajstić information content (AvgIpc) is 3.37. The molecule has 0 radical (unpaired) electrons. The predicted molar refractivity (Wildman–Crippen MR) is 146 cm³/mol. The number of pyridine rings is 2. The van der Waals surface area contributed by atoms with Gasteiger partial charge in [0.25, 0.3) is 0 Å². The maximum atomic E-state index is 15.3. The number of rotatable bonds is 8. The van der Waals surface area contributed by atoms with Crippen LogP contribution in [-0.2, 0) is 20.0 Å². The van der Waals surface area contributed by atoms with Crippen LogP contribution in [0.3, 0.4) is 0 Å². The second-order valence-corrected chi connectivity index (χ2v) is 9.18. The fourth-order valence-corrected chi connectivity index (χ4v) is 4.47. The van der Waals surface area contributed by atoms with Crippen LogP contribution in [0, 0.1) is 5.82 Å². The van der Waals surface area contributed by atoms with Crippen molar-refractivity contribution >= 4 is 11.6 Å². The van der Waals surface area contributed by atoms with Crippen molar-refractivity contribution in [1.82, 2.24) is 19.3 Å². The highest BCUT2D eigenvalue weighted by atomic mass is 19.1. The number of carbonyl (C=O) groups is 1. The summed E-state index contributed by atoms with van der Waals surface area (Å²) in [4.78, 5) is 30.7. The number of hydrogen-bond donors (Lipinski definition) is 1. The lowest BCUT2D eigenvalue weighted by Crippen LogP contribution is -2.21. The Labute approximate surface area is 223 Å². The fourth-order valence-electron chi connectivity index (χ4n) is 4.47. The van der Waals surface area contributed by atoms with Crippen molar-refractivity contribution < 1.29 is 13.6 Å². The summed E-state index contributed by atoms with van der Waals surface area (Å²) in [6.07, 6.45) is 7.79. The third kappa shape index (κ3) is 5.38. The molecule has 0 spiro atoms. The minimum atomic E-state index is -0.655. The number of halogens is 2. The minimum Gasteiger partial charge on any atom is -0.383 e. The summed E-state index contributed by atoms with van der Waals surface area (Å²) in [6, 6.07) is 15.0. The molecule has 0 aliphatic carbocycles. The third-order valence-electron chi connectivity index (χ3n) is 6.45. The van der Waals surface area contributed by atoms with Crippen LogP contribution in [-0.4, -0.2) is 31.8 Å². The molecule has 9 heteroatoms. The summed E-state index contributed by atoms with van der Waals surface area (Å²) in [5.74, 6) is -0.904. The van der Waals surface area contributed by atoms with Crippen molar-refractivity contribution in [2.24, 2.45) is 7.05 Å². The Bertz CT molecular complexity index is 1730. The molecule has 5 rings (SSSR count). The van der Waals surface area contributed by atoms with Crippen LogP contribution in [0.2, 0.25) is 0 Å². The van der Waals surface area contributed by atoms with Gasteiger partial charge < -0.3 is 10.3 Å². The molecule has 0 aliphatic rings. The molecular formula is C30H25F2N5O2. The number of ketones is 1. The van der Waals surface area contributed by atoms with Gasteiger partial charge in [-0.25, -0.2) is 13.8 Å². The number of nitrogens with zero attached hydrogens (tertiary/aromatic N) is 4. The van der Waals surface area contributed by atoms with Gasteiger partial charge in [-0.1, -0.05) is 42.5 Å². The van der Waals surface area contributed by atoms with Crippen LogP contribution < -0.4 is 11.2 Å². The van der Waals surface area contributed by atoms with Gasteiger partial charge >= 0.3 is 0 Å². The lowest BCUT2D eigenvalue weighted by atomic mass is 9.97. The Morgan fingerprint density at radius 1 is 0.923 bits per heavy atom. The summed E-state index contributed by atoms with van der Waals surface area (Å²) in [5.41, 5.74) is 9.04. The van der Waals surface area contributed by atoms with E-state index in [-0.39, 0.29) is 29.9 Å². The van der Waals surface area contributed by atoms with Gasteiger partial charge in [0.05, 0.1) is 18.3 Å². The molecule has 0 aliphatic heterocycles. The van der Waals surface area contributed by atoms with E-state index in [0.29, 0.717) is 22.3 Å². The van der Waals surface area contributed by atoms with E-state index in [9.17, 15) is 14.0 Å². The molecule has 39 heavy (non-hydrogen) atoms. The zero-order valence-electron chi connectivity index (χ0n) is 21.1. The molecule has 0 saturated carbocycles. The normalized spacial score (nSPS) is 11.1. The zero-order chi connectivity index (χ0) is 27.5. The standard InChI is InChI=1S/C30H25F2N5O2/c1-36-16-22(15-35-36)21-13-24(30(33)34-14-21)23-8-7-19(11-27(23)32)12-28(38)26-18-37(10-9-31)17-25(29(26)39)20-5-3-2-4-6-20/h2-8,11,13-18H,9-10,12H2,1H3,(H2,33,34). The number of carbonyl (C=O) groups excluding carboxylic acids is 1. The number of hydrogen-bond acceptors (Lipinski definition) is 5. The molecule has 0 bridgehead atoms. The van der Waals surface area contributed by atoms with Crippen molar-refractivity contribution in [3.8, 4) is 33.4 Å². The van der Waals surface area contributed by atoms with Crippen LogP contribution >= 0.6 is 0 Å². The third-order valence-corrected chi connectivity index (χ3v) is 6.45. The predicted octanol–water partition coefficient (Wildman–Crippen LogP) is 5.09. The highest BCUT2D eigenvalue weighted by Crippen LogP contribution is 2.31. The van der Waals surface area contributed by atoms with Gasteiger partial charge in [-0.15, -0.1) is 0 Å². The van der Waals surface area contributed by atoms with Crippen molar-refractivity contribution in [2.45, 2.75) is 13.0 Å². The largest absolute Gasteiger partial charge is 0.383 e. The van der Waals surface area contributed by atoms with E-state index in [4.69, 9.17) is 5.73 Å². The van der Waals surface area contributed by atoms with Crippen molar-refractivity contribution in [1.29, 1.82) is 0 Å². The summed E-state index contributed by atoms with van der Waals surface area (Å²) < 4.78 is 31.6. The Hall–Kier alpha value is -4.92. The van der Waals surface area contributed by atoms with E-state index in [0.717, 1.165) is 11.1 Å². The minimum absolute atomic E-state index is 0.00269. The number of aromatic nitrogens is 4. The molecule has 0 atom stereocenters. The second kappa shape index (κ2) is 10.8. The van der Waals surface area contributed by atoms with E-state index in [1.807, 2.05) is 12.3 Å². The van der Waals surface area contributed by atoms with Gasteiger partial charge in [-0.2, -0.15) is 5.10 Å². The molecule has 196 valence electrons. The molecule has 3 aromatic heterocycles. The van der Waals surface area contributed by atoms with E-state index < -0.39 is 23.7 Å². The van der Waals surface area contributed by atoms with Crippen molar-refractivity contribution in [2.75, 3.05) is 12.4 Å². The fraction of sp³-hybridized carbons (Fsp3) is 0.133. The van der Waals surface area contributed by atoms with Crippen LogP contribution in [0.5, 0.6) is 0 Å². The van der Waals surface area contributed by atoms with Crippen molar-refractivity contribution in [3.05, 3.63) is 113 Å². The SMILES string of the molecule is Cn1cc(-c2cnc(N)c(-c3ccc(CC(=O)c4cn(CCF)cc(-c5ccccc5)c4=O)cc3F)c2)cn1. The van der Waals surface area contributed by atoms with E-state index in [1.165, 1.54) is 16.8 Å². The van der Waals surface area contributed by atoms with Gasteiger partial charge in [-0.3, -0.25) is 14.3 Å². The Kier molecular flexibility index (Phi) is 7.14. The van der Waals surface area contributed by atoms with E-state index >= 15 is 4.39 Å². The molecule has 0 saturated heterocycles. The molecular weight excluding hydrogens is 500 g/mol. The van der Waals surface area contributed by atoms with Crippen LogP contribution in [0.4, 0.5) is 14.6 Å². The average molecular weight is 526 g/mol. The van der Waals surface area contributed by atoms with Gasteiger partial charge in [0.1, 0.15) is 18.3 Å². The molecule has 0 unspecified atom stereocenters. The summed E-state index contributed by atoms with van der Waals surface area (Å²) in [6.45, 7) is -0.658. The lowest BCUT2D eigenvalue weighted by molar-refractivity contribution is 0.0991. The Balaban J connectivity index is 1.45. The molecule has 2 N–H and O–H groups in total. The zero-order valence-corrected chi connectivity index (χ0v) is 21.1. The molecule has 0 fully saturated rings. The summed E-state index contributed by atoms with van der Waals surface area (Å²) >= 11 is 0. The highest BCUT2D eigenvalue weighted by molar-refractivity contribution is 5.98. The number of benzene rings is 2. The Morgan fingerprint density at radius 2 is 1.72 bits per heavy atom. The number of Topliss-reactive ketones (excluding diaryl/α,β-unsaturated/α-hetero) is 1. The quantitative estimate of drug-likeness (QED) is 0.285. The maximum Gasteiger partial charge on any atom is 0.200 e. The first-order valence-electron chi connectivity index (χ1n) is 12.3. The highest BCUT2D eigenvalue weighted by Gasteiger charge is 2.18. The maximum absolute atomic E-state index is 15.3. The van der Waals surface area contributed by atoms with Crippen LogP contribution in [0.25, 0.3) is 33.4 Å². The van der Waals surface area contributed by atoms with Crippen LogP contribution in [0.15, 0.2) is 90.4 Å². The van der Waals surface area contributed by atoms with E-state index in [1.54, 1.807) is 72.8 Å². The van der Waals surface area contributed by atoms with Gasteiger partial charge in [0.2, 0.25) is 0 Å². The monoisotopic (exact) mass is 525 g/mol. The van der Waals surface area contributed by atoms with Gasteiger partial charge in [0.15, 0.2) is 11.2 Å². The molecule has 3 heterocycles. The van der Waals surface area contributed by atoms with Crippen molar-refractivity contribution in [3.63, 3.8) is 0 Å². The van der Waals surface area contributed by atoms with Gasteiger partial charge in [0, 0.05) is 66.1 Å².